The number of amides is 2. The molecule has 0 bridgehead atoms. The molecule has 0 fully saturated rings. The summed E-state index contributed by atoms with van der Waals surface area (Å²) in [6.45, 7) is 4.31. The first-order chi connectivity index (χ1) is 21.3. The van der Waals surface area contributed by atoms with Crippen LogP contribution in [0.25, 0.3) is 0 Å². The van der Waals surface area contributed by atoms with Crippen molar-refractivity contribution in [3.8, 4) is 23.0 Å². The third kappa shape index (κ3) is 8.44. The minimum Gasteiger partial charge on any atom is -0.497 e. The molecule has 0 saturated heterocycles. The van der Waals surface area contributed by atoms with E-state index in [2.05, 4.69) is 5.32 Å². The first-order valence-electron chi connectivity index (χ1n) is 13.8. The van der Waals surface area contributed by atoms with E-state index in [1.165, 1.54) is 69.7 Å². The third-order valence-electron chi connectivity index (χ3n) is 6.83. The summed E-state index contributed by atoms with van der Waals surface area (Å²) >= 11 is 12.5. The molecule has 3 aromatic rings. The maximum atomic E-state index is 14.4. The molecule has 0 heterocycles. The summed E-state index contributed by atoms with van der Waals surface area (Å²) in [4.78, 5) is 28.5. The highest BCUT2D eigenvalue weighted by molar-refractivity contribution is 7.92. The van der Waals surface area contributed by atoms with E-state index < -0.39 is 34.4 Å². The second kappa shape index (κ2) is 15.4. The molecule has 0 aromatic heterocycles. The Bertz CT molecular complexity index is 1640. The molecule has 0 unspecified atom stereocenters. The molecule has 11 nitrogen and oxygen atoms in total. The van der Waals surface area contributed by atoms with Crippen LogP contribution in [-0.2, 0) is 26.2 Å². The summed E-state index contributed by atoms with van der Waals surface area (Å²) in [7, 11) is 1.13. The average molecular weight is 683 g/mol. The maximum absolute atomic E-state index is 14.4. The Morgan fingerprint density at radius 3 is 2.04 bits per heavy atom. The van der Waals surface area contributed by atoms with Gasteiger partial charge in [0.05, 0.1) is 39.0 Å². The molecule has 1 N–H and O–H groups in total. The van der Waals surface area contributed by atoms with E-state index in [0.717, 1.165) is 4.31 Å². The van der Waals surface area contributed by atoms with Crippen molar-refractivity contribution in [1.82, 2.24) is 10.2 Å². The predicted octanol–water partition coefficient (Wildman–Crippen LogP) is 5.17. The van der Waals surface area contributed by atoms with Gasteiger partial charge in [0.1, 0.15) is 24.1 Å². The molecule has 0 aliphatic heterocycles. The topological polar surface area (TPSA) is 124 Å². The molecule has 244 valence electrons. The number of carbonyl (C=O) groups is 2. The van der Waals surface area contributed by atoms with Gasteiger partial charge in [0, 0.05) is 34.8 Å². The number of carbonyl (C=O) groups excluding carboxylic acids is 2. The summed E-state index contributed by atoms with van der Waals surface area (Å²) in [5.41, 5.74) is 0.538. The lowest BCUT2D eigenvalue weighted by atomic mass is 10.1. The fourth-order valence-corrected chi connectivity index (χ4v) is 6.33. The highest BCUT2D eigenvalue weighted by Crippen LogP contribution is 2.38. The van der Waals surface area contributed by atoms with Crippen LogP contribution in [0.2, 0.25) is 10.0 Å². The molecule has 2 amide bonds. The molecule has 0 spiro atoms. The molecule has 14 heteroatoms. The largest absolute Gasteiger partial charge is 0.497 e. The molecule has 3 rings (SSSR count). The van der Waals surface area contributed by atoms with Crippen LogP contribution in [0.15, 0.2) is 59.5 Å². The Morgan fingerprint density at radius 2 is 1.47 bits per heavy atom. The monoisotopic (exact) mass is 681 g/mol. The van der Waals surface area contributed by atoms with E-state index in [9.17, 15) is 18.0 Å². The highest BCUT2D eigenvalue weighted by Gasteiger charge is 2.35. The summed E-state index contributed by atoms with van der Waals surface area (Å²) in [5, 5.41) is 3.48. The first kappa shape index (κ1) is 35.6. The lowest BCUT2D eigenvalue weighted by Gasteiger charge is -2.33. The number of anilines is 1. The van der Waals surface area contributed by atoms with Crippen LogP contribution >= 0.6 is 23.2 Å². The van der Waals surface area contributed by atoms with Gasteiger partial charge in [-0.15, -0.1) is 0 Å². The standard InChI is InChI=1S/C31H37Cl2N3O8S/c1-19(2)34-31(38)20(3)35(17-21-8-9-22(32)14-25(21)33)30(37)18-36(26-15-23(41-4)10-12-27(26)42-5)45(39,40)24-11-13-28(43-6)29(16-24)44-7/h8-16,19-20H,17-18H2,1-7H3,(H,34,38)/t20-/m0/s1. The number of halogens is 2. The number of methoxy groups -OCH3 is 4. The van der Waals surface area contributed by atoms with Crippen LogP contribution in [0.3, 0.4) is 0 Å². The van der Waals surface area contributed by atoms with Crippen LogP contribution in [0, 0.1) is 0 Å². The Labute approximate surface area is 274 Å². The zero-order chi connectivity index (χ0) is 33.5. The lowest BCUT2D eigenvalue weighted by Crippen LogP contribution is -2.52. The highest BCUT2D eigenvalue weighted by atomic mass is 35.5. The second-order valence-corrected chi connectivity index (χ2v) is 12.9. The molecule has 1 atom stereocenters. The van der Waals surface area contributed by atoms with Crippen LogP contribution in [0.1, 0.15) is 26.3 Å². The number of benzene rings is 3. The van der Waals surface area contributed by atoms with Crippen LogP contribution in [-0.4, -0.2) is 72.2 Å². The van der Waals surface area contributed by atoms with E-state index in [4.69, 9.17) is 42.1 Å². The van der Waals surface area contributed by atoms with Crippen molar-refractivity contribution in [2.75, 3.05) is 39.3 Å². The minimum atomic E-state index is -4.48. The van der Waals surface area contributed by atoms with Gasteiger partial charge in [-0.3, -0.25) is 13.9 Å². The van der Waals surface area contributed by atoms with Gasteiger partial charge in [0.2, 0.25) is 11.8 Å². The van der Waals surface area contributed by atoms with Crippen LogP contribution < -0.4 is 28.6 Å². The number of ether oxygens (including phenoxy) is 4. The van der Waals surface area contributed by atoms with Crippen molar-refractivity contribution in [2.24, 2.45) is 0 Å². The minimum absolute atomic E-state index is 0.0312. The van der Waals surface area contributed by atoms with Crippen molar-refractivity contribution < 1.29 is 37.0 Å². The van der Waals surface area contributed by atoms with Crippen molar-refractivity contribution >= 4 is 50.7 Å². The van der Waals surface area contributed by atoms with Gasteiger partial charge in [-0.25, -0.2) is 8.42 Å². The van der Waals surface area contributed by atoms with Gasteiger partial charge in [0.15, 0.2) is 11.5 Å². The molecule has 0 aliphatic rings. The Morgan fingerprint density at radius 1 is 0.822 bits per heavy atom. The predicted molar refractivity (Wildman–Crippen MR) is 173 cm³/mol. The van der Waals surface area contributed by atoms with E-state index in [-0.39, 0.29) is 39.7 Å². The molecular formula is C31H37Cl2N3O8S. The Hall–Kier alpha value is -3.87. The first-order valence-corrected chi connectivity index (χ1v) is 16.0. The van der Waals surface area contributed by atoms with Crippen LogP contribution in [0.5, 0.6) is 23.0 Å². The summed E-state index contributed by atoms with van der Waals surface area (Å²) in [6, 6.07) is 12.2. The van der Waals surface area contributed by atoms with Gasteiger partial charge in [-0.05, 0) is 62.7 Å². The molecule has 3 aromatic carbocycles. The van der Waals surface area contributed by atoms with Gasteiger partial charge in [-0.2, -0.15) is 0 Å². The van der Waals surface area contributed by atoms with E-state index in [1.54, 1.807) is 39.0 Å². The number of nitrogens with zero attached hydrogens (tertiary/aromatic N) is 2. The zero-order valence-corrected chi connectivity index (χ0v) is 28.4. The second-order valence-electron chi connectivity index (χ2n) is 10.2. The summed E-state index contributed by atoms with van der Waals surface area (Å²) < 4.78 is 51.1. The van der Waals surface area contributed by atoms with Crippen molar-refractivity contribution in [2.45, 2.75) is 44.3 Å². The zero-order valence-electron chi connectivity index (χ0n) is 26.1. The van der Waals surface area contributed by atoms with Gasteiger partial charge < -0.3 is 29.2 Å². The quantitative estimate of drug-likeness (QED) is 0.247. The Balaban J connectivity index is 2.19. The van der Waals surface area contributed by atoms with Gasteiger partial charge >= 0.3 is 0 Å². The fourth-order valence-electron chi connectivity index (χ4n) is 4.43. The van der Waals surface area contributed by atoms with Gasteiger partial charge in [0.25, 0.3) is 10.0 Å². The smallest absolute Gasteiger partial charge is 0.265 e. The van der Waals surface area contributed by atoms with Crippen LogP contribution in [0.4, 0.5) is 5.69 Å². The van der Waals surface area contributed by atoms with E-state index >= 15 is 0 Å². The number of sulfonamides is 1. The summed E-state index contributed by atoms with van der Waals surface area (Å²) in [5.74, 6) is -0.168. The Kier molecular flexibility index (Phi) is 12.2. The SMILES string of the molecule is COc1ccc(OC)c(N(CC(=O)N(Cc2ccc(Cl)cc2Cl)[C@@H](C)C(=O)NC(C)C)S(=O)(=O)c2ccc(OC)c(OC)c2)c1. The average Bonchev–Trinajstić information content (AvgIpc) is 3.01. The van der Waals surface area contributed by atoms with E-state index in [1.807, 2.05) is 0 Å². The molecule has 0 aliphatic carbocycles. The van der Waals surface area contributed by atoms with Gasteiger partial charge in [-0.1, -0.05) is 29.3 Å². The normalized spacial score (nSPS) is 11.9. The van der Waals surface area contributed by atoms with E-state index in [0.29, 0.717) is 22.1 Å². The van der Waals surface area contributed by atoms with Crippen molar-refractivity contribution in [3.05, 3.63) is 70.2 Å². The molecule has 0 saturated carbocycles. The number of hydrogen-bond acceptors (Lipinski definition) is 8. The van der Waals surface area contributed by atoms with Crippen molar-refractivity contribution in [1.29, 1.82) is 0 Å². The maximum Gasteiger partial charge on any atom is 0.265 e. The number of nitrogens with one attached hydrogen (secondary N) is 1. The number of hydrogen-bond donors (Lipinski definition) is 1. The third-order valence-corrected chi connectivity index (χ3v) is 9.17. The fraction of sp³-hybridized carbons (Fsp3) is 0.355. The lowest BCUT2D eigenvalue weighted by molar-refractivity contribution is -0.139. The molecule has 0 radical (unpaired) electrons. The number of rotatable bonds is 14. The summed E-state index contributed by atoms with van der Waals surface area (Å²) in [6.07, 6.45) is 0. The molecule has 45 heavy (non-hydrogen) atoms. The molecular weight excluding hydrogens is 645 g/mol. The van der Waals surface area contributed by atoms with Crippen molar-refractivity contribution in [3.63, 3.8) is 0 Å².